The lowest BCUT2D eigenvalue weighted by molar-refractivity contribution is 0.161. The predicted molar refractivity (Wildman–Crippen MR) is 80.6 cm³/mol. The maximum Gasteiger partial charge on any atom is 0.123 e. The molecule has 4 nitrogen and oxygen atoms in total. The van der Waals surface area contributed by atoms with E-state index in [2.05, 4.69) is 19.2 Å². The second-order valence-electron chi connectivity index (χ2n) is 5.62. The SMILES string of the molecule is CC(C)CC(O)CNc1cc(N)cc(OC(C)C)c1. The fraction of sp³-hybridized carbons (Fsp3) is 0.600. The molecule has 1 aromatic carbocycles. The third-order valence-electron chi connectivity index (χ3n) is 2.59. The molecule has 0 aliphatic carbocycles. The van der Waals surface area contributed by atoms with Gasteiger partial charge in [-0.25, -0.2) is 0 Å². The van der Waals surface area contributed by atoms with E-state index in [1.807, 2.05) is 26.0 Å². The number of aliphatic hydroxyl groups is 1. The summed E-state index contributed by atoms with van der Waals surface area (Å²) in [7, 11) is 0. The molecular weight excluding hydrogens is 240 g/mol. The summed E-state index contributed by atoms with van der Waals surface area (Å²) in [4.78, 5) is 0. The number of nitrogens with one attached hydrogen (secondary N) is 1. The maximum absolute atomic E-state index is 9.84. The van der Waals surface area contributed by atoms with Gasteiger partial charge in [0.15, 0.2) is 0 Å². The largest absolute Gasteiger partial charge is 0.491 e. The summed E-state index contributed by atoms with van der Waals surface area (Å²) in [6.45, 7) is 8.66. The van der Waals surface area contributed by atoms with Crippen molar-refractivity contribution < 1.29 is 9.84 Å². The van der Waals surface area contributed by atoms with Crippen LogP contribution in [0.25, 0.3) is 0 Å². The second-order valence-corrected chi connectivity index (χ2v) is 5.62. The van der Waals surface area contributed by atoms with Gasteiger partial charge in [0, 0.05) is 30.1 Å². The Kier molecular flexibility index (Phi) is 5.96. The van der Waals surface area contributed by atoms with Crippen molar-refractivity contribution in [2.24, 2.45) is 5.92 Å². The van der Waals surface area contributed by atoms with Gasteiger partial charge >= 0.3 is 0 Å². The van der Waals surface area contributed by atoms with Gasteiger partial charge in [0.05, 0.1) is 12.2 Å². The Labute approximate surface area is 116 Å². The van der Waals surface area contributed by atoms with Crippen molar-refractivity contribution >= 4 is 11.4 Å². The number of aliphatic hydroxyl groups excluding tert-OH is 1. The average molecular weight is 266 g/mol. The van der Waals surface area contributed by atoms with Crippen LogP contribution in [0.4, 0.5) is 11.4 Å². The molecule has 0 spiro atoms. The Morgan fingerprint density at radius 2 is 1.89 bits per heavy atom. The van der Waals surface area contributed by atoms with Crippen LogP contribution in [0.3, 0.4) is 0 Å². The van der Waals surface area contributed by atoms with Crippen LogP contribution in [0.15, 0.2) is 18.2 Å². The normalized spacial score (nSPS) is 12.8. The van der Waals surface area contributed by atoms with E-state index >= 15 is 0 Å². The van der Waals surface area contributed by atoms with E-state index in [-0.39, 0.29) is 12.2 Å². The highest BCUT2D eigenvalue weighted by Crippen LogP contribution is 2.23. The zero-order valence-corrected chi connectivity index (χ0v) is 12.3. The molecule has 1 unspecified atom stereocenters. The van der Waals surface area contributed by atoms with Gasteiger partial charge in [0.1, 0.15) is 5.75 Å². The molecule has 1 atom stereocenters. The highest BCUT2D eigenvalue weighted by atomic mass is 16.5. The molecule has 19 heavy (non-hydrogen) atoms. The lowest BCUT2D eigenvalue weighted by atomic mass is 10.1. The summed E-state index contributed by atoms with van der Waals surface area (Å²) < 4.78 is 5.62. The van der Waals surface area contributed by atoms with Crippen LogP contribution >= 0.6 is 0 Å². The monoisotopic (exact) mass is 266 g/mol. The Balaban J connectivity index is 2.60. The maximum atomic E-state index is 9.84. The quantitative estimate of drug-likeness (QED) is 0.664. The summed E-state index contributed by atoms with van der Waals surface area (Å²) in [5, 5.41) is 13.0. The number of nitrogen functional groups attached to an aromatic ring is 1. The van der Waals surface area contributed by atoms with Crippen LogP contribution in [0, 0.1) is 5.92 Å². The van der Waals surface area contributed by atoms with Crippen molar-refractivity contribution in [2.75, 3.05) is 17.6 Å². The van der Waals surface area contributed by atoms with Gasteiger partial charge in [-0.2, -0.15) is 0 Å². The van der Waals surface area contributed by atoms with Gasteiger partial charge in [-0.15, -0.1) is 0 Å². The Morgan fingerprint density at radius 1 is 1.21 bits per heavy atom. The minimum atomic E-state index is -0.351. The molecule has 1 aromatic rings. The number of rotatable bonds is 7. The molecular formula is C15H26N2O2. The predicted octanol–water partition coefficient (Wildman–Crippen LogP) is 2.87. The molecule has 0 heterocycles. The Morgan fingerprint density at radius 3 is 2.47 bits per heavy atom. The number of hydrogen-bond donors (Lipinski definition) is 3. The third-order valence-corrected chi connectivity index (χ3v) is 2.59. The van der Waals surface area contributed by atoms with Crippen molar-refractivity contribution in [3.63, 3.8) is 0 Å². The highest BCUT2D eigenvalue weighted by molar-refractivity contribution is 5.59. The third kappa shape index (κ3) is 6.34. The Bertz CT molecular complexity index is 392. The average Bonchev–Trinajstić information content (AvgIpc) is 2.23. The van der Waals surface area contributed by atoms with Crippen LogP contribution in [-0.2, 0) is 0 Å². The summed E-state index contributed by atoms with van der Waals surface area (Å²) in [5.41, 5.74) is 7.37. The molecule has 0 saturated heterocycles. The summed E-state index contributed by atoms with van der Waals surface area (Å²) in [5.74, 6) is 1.23. The topological polar surface area (TPSA) is 67.5 Å². The van der Waals surface area contributed by atoms with Gasteiger partial charge in [-0.3, -0.25) is 0 Å². The minimum Gasteiger partial charge on any atom is -0.491 e. The molecule has 0 aliphatic heterocycles. The number of benzene rings is 1. The number of hydrogen-bond acceptors (Lipinski definition) is 4. The van der Waals surface area contributed by atoms with Gasteiger partial charge in [-0.1, -0.05) is 13.8 Å². The van der Waals surface area contributed by atoms with E-state index < -0.39 is 0 Å². The van der Waals surface area contributed by atoms with Gasteiger partial charge in [-0.05, 0) is 32.3 Å². The molecule has 0 amide bonds. The van der Waals surface area contributed by atoms with Crippen molar-refractivity contribution in [1.82, 2.24) is 0 Å². The van der Waals surface area contributed by atoms with Crippen molar-refractivity contribution in [3.05, 3.63) is 18.2 Å². The van der Waals surface area contributed by atoms with Crippen LogP contribution in [-0.4, -0.2) is 23.9 Å². The number of ether oxygens (including phenoxy) is 1. The number of nitrogens with two attached hydrogens (primary N) is 1. The first kappa shape index (κ1) is 15.6. The van der Waals surface area contributed by atoms with E-state index in [0.29, 0.717) is 18.2 Å². The molecule has 0 saturated carbocycles. The van der Waals surface area contributed by atoms with Gasteiger partial charge in [0.25, 0.3) is 0 Å². The first-order valence-corrected chi connectivity index (χ1v) is 6.86. The molecule has 4 heteroatoms. The van der Waals surface area contributed by atoms with Crippen LogP contribution in [0.1, 0.15) is 34.1 Å². The smallest absolute Gasteiger partial charge is 0.123 e. The highest BCUT2D eigenvalue weighted by Gasteiger charge is 2.08. The fourth-order valence-electron chi connectivity index (χ4n) is 1.93. The lowest BCUT2D eigenvalue weighted by Gasteiger charge is -2.16. The molecule has 0 fully saturated rings. The summed E-state index contributed by atoms with van der Waals surface area (Å²) >= 11 is 0. The van der Waals surface area contributed by atoms with Crippen molar-refractivity contribution in [2.45, 2.75) is 46.3 Å². The van der Waals surface area contributed by atoms with Crippen LogP contribution in [0.5, 0.6) is 5.75 Å². The lowest BCUT2D eigenvalue weighted by Crippen LogP contribution is -2.21. The molecule has 0 aliphatic rings. The first-order valence-electron chi connectivity index (χ1n) is 6.86. The van der Waals surface area contributed by atoms with Gasteiger partial charge in [0.2, 0.25) is 0 Å². The molecule has 108 valence electrons. The molecule has 0 bridgehead atoms. The van der Waals surface area contributed by atoms with E-state index in [4.69, 9.17) is 10.5 Å². The molecule has 4 N–H and O–H groups in total. The van der Waals surface area contributed by atoms with Crippen LogP contribution in [0.2, 0.25) is 0 Å². The van der Waals surface area contributed by atoms with E-state index in [1.54, 1.807) is 6.07 Å². The van der Waals surface area contributed by atoms with E-state index in [0.717, 1.165) is 17.9 Å². The van der Waals surface area contributed by atoms with E-state index in [9.17, 15) is 5.11 Å². The Hall–Kier alpha value is -1.42. The molecule has 1 rings (SSSR count). The van der Waals surface area contributed by atoms with E-state index in [1.165, 1.54) is 0 Å². The zero-order valence-electron chi connectivity index (χ0n) is 12.3. The zero-order chi connectivity index (χ0) is 14.4. The van der Waals surface area contributed by atoms with Gasteiger partial charge < -0.3 is 20.9 Å². The molecule has 0 radical (unpaired) electrons. The minimum absolute atomic E-state index is 0.112. The van der Waals surface area contributed by atoms with Crippen molar-refractivity contribution in [3.8, 4) is 5.75 Å². The van der Waals surface area contributed by atoms with Crippen molar-refractivity contribution in [1.29, 1.82) is 0 Å². The fourth-order valence-corrected chi connectivity index (χ4v) is 1.93. The summed E-state index contributed by atoms with van der Waals surface area (Å²) in [6, 6.07) is 5.55. The standard InChI is InChI=1S/C15H26N2O2/c1-10(2)5-14(18)9-17-13-6-12(16)7-15(8-13)19-11(3)4/h6-8,10-11,14,17-18H,5,9,16H2,1-4H3. The number of anilines is 2. The first-order chi connectivity index (χ1) is 8.86. The summed E-state index contributed by atoms with van der Waals surface area (Å²) in [6.07, 6.45) is 0.544. The molecule has 0 aromatic heterocycles. The van der Waals surface area contributed by atoms with Crippen LogP contribution < -0.4 is 15.8 Å². The second kappa shape index (κ2) is 7.24.